The first-order chi connectivity index (χ1) is 15.1. The minimum absolute atomic E-state index is 0.0750. The molecule has 0 spiro atoms. The fraction of sp³-hybridized carbons (Fsp3) is 0.190. The fourth-order valence-corrected chi connectivity index (χ4v) is 3.76. The van der Waals surface area contributed by atoms with Crippen molar-refractivity contribution in [3.63, 3.8) is 0 Å². The summed E-state index contributed by atoms with van der Waals surface area (Å²) in [5, 5.41) is 12.5. The lowest BCUT2D eigenvalue weighted by molar-refractivity contribution is 0.0786. The number of carbonyl (C=O) groups excluding carboxylic acids is 1. The Morgan fingerprint density at radius 3 is 2.87 bits per heavy atom. The van der Waals surface area contributed by atoms with E-state index in [1.165, 1.54) is 12.1 Å². The van der Waals surface area contributed by atoms with E-state index in [0.717, 1.165) is 11.6 Å². The average Bonchev–Trinajstić information content (AvgIpc) is 3.55. The summed E-state index contributed by atoms with van der Waals surface area (Å²) in [4.78, 5) is 18.8. The topological polar surface area (TPSA) is 89.9 Å². The zero-order valence-corrected chi connectivity index (χ0v) is 16.9. The van der Waals surface area contributed by atoms with Crippen molar-refractivity contribution in [3.8, 4) is 23.0 Å². The van der Waals surface area contributed by atoms with E-state index in [4.69, 9.17) is 16.1 Å². The standard InChI is InChI=1S/C21H16ClFN6O2/c22-17-7-6-14(23)10-16(17)21(30)28-9-8-15(11-28)29-12-18(25-27-29)20-24-19(26-31-20)13-4-2-1-3-5-13/h1-7,10,12,15H,8-9,11H2/t15-/m1/s1. The van der Waals surface area contributed by atoms with E-state index in [1.54, 1.807) is 15.8 Å². The predicted octanol–water partition coefficient (Wildman–Crippen LogP) is 3.87. The molecule has 2 aromatic heterocycles. The van der Waals surface area contributed by atoms with Gasteiger partial charge in [-0.25, -0.2) is 9.07 Å². The molecule has 156 valence electrons. The van der Waals surface area contributed by atoms with Crippen molar-refractivity contribution in [1.29, 1.82) is 0 Å². The maximum atomic E-state index is 13.5. The molecule has 0 aliphatic carbocycles. The number of aromatic nitrogens is 5. The molecular formula is C21H16ClFN6O2. The quantitative estimate of drug-likeness (QED) is 0.480. The number of benzene rings is 2. The Morgan fingerprint density at radius 2 is 2.03 bits per heavy atom. The molecule has 1 saturated heterocycles. The highest BCUT2D eigenvalue weighted by Crippen LogP contribution is 2.27. The molecule has 4 aromatic rings. The Kier molecular flexibility index (Phi) is 4.95. The van der Waals surface area contributed by atoms with Crippen LogP contribution >= 0.6 is 11.6 Å². The summed E-state index contributed by atoms with van der Waals surface area (Å²) >= 11 is 6.08. The normalized spacial score (nSPS) is 16.1. The maximum Gasteiger partial charge on any atom is 0.280 e. The van der Waals surface area contributed by atoms with Crippen molar-refractivity contribution in [1.82, 2.24) is 30.0 Å². The first-order valence-corrected chi connectivity index (χ1v) is 10.0. The number of amides is 1. The van der Waals surface area contributed by atoms with Gasteiger partial charge in [-0.1, -0.05) is 52.3 Å². The second-order valence-corrected chi connectivity index (χ2v) is 7.60. The fourth-order valence-electron chi connectivity index (χ4n) is 3.56. The van der Waals surface area contributed by atoms with Crippen LogP contribution in [0, 0.1) is 5.82 Å². The zero-order chi connectivity index (χ0) is 21.4. The SMILES string of the molecule is O=C(c1cc(F)ccc1Cl)N1CC[C@@H](n2cc(-c3nc(-c4ccccc4)no3)nn2)C1. The lowest BCUT2D eigenvalue weighted by atomic mass is 10.2. The van der Waals surface area contributed by atoms with E-state index in [0.29, 0.717) is 31.0 Å². The third-order valence-electron chi connectivity index (χ3n) is 5.17. The minimum atomic E-state index is -0.501. The van der Waals surface area contributed by atoms with Crippen molar-refractivity contribution in [3.05, 3.63) is 71.1 Å². The number of likely N-dealkylation sites (tertiary alicyclic amines) is 1. The Labute approximate surface area is 181 Å². The van der Waals surface area contributed by atoms with E-state index in [2.05, 4.69) is 20.5 Å². The second-order valence-electron chi connectivity index (χ2n) is 7.19. The van der Waals surface area contributed by atoms with Crippen molar-refractivity contribution < 1.29 is 13.7 Å². The molecule has 2 aromatic carbocycles. The summed E-state index contributed by atoms with van der Waals surface area (Å²) < 4.78 is 20.6. The highest BCUT2D eigenvalue weighted by atomic mass is 35.5. The van der Waals surface area contributed by atoms with Crippen molar-refractivity contribution >= 4 is 17.5 Å². The van der Waals surface area contributed by atoms with Gasteiger partial charge in [-0.3, -0.25) is 4.79 Å². The van der Waals surface area contributed by atoms with Crippen LogP contribution in [0.4, 0.5) is 4.39 Å². The van der Waals surface area contributed by atoms with Gasteiger partial charge in [-0.15, -0.1) is 5.10 Å². The predicted molar refractivity (Wildman–Crippen MR) is 110 cm³/mol. The number of halogens is 2. The number of carbonyl (C=O) groups is 1. The molecule has 0 radical (unpaired) electrons. The van der Waals surface area contributed by atoms with E-state index in [-0.39, 0.29) is 28.4 Å². The van der Waals surface area contributed by atoms with Gasteiger partial charge in [0.15, 0.2) is 5.69 Å². The average molecular weight is 439 g/mol. The van der Waals surface area contributed by atoms with Gasteiger partial charge in [-0.2, -0.15) is 4.98 Å². The number of nitrogens with zero attached hydrogens (tertiary/aromatic N) is 6. The van der Waals surface area contributed by atoms with Crippen LogP contribution in [0.1, 0.15) is 22.8 Å². The van der Waals surface area contributed by atoms with Crippen LogP contribution in [-0.4, -0.2) is 49.0 Å². The zero-order valence-electron chi connectivity index (χ0n) is 16.2. The van der Waals surface area contributed by atoms with Crippen molar-refractivity contribution in [2.24, 2.45) is 0 Å². The molecule has 0 unspecified atom stereocenters. The molecule has 1 atom stereocenters. The molecule has 10 heteroatoms. The van der Waals surface area contributed by atoms with Gasteiger partial charge in [0, 0.05) is 18.7 Å². The molecule has 1 fully saturated rings. The van der Waals surface area contributed by atoms with E-state index in [1.807, 2.05) is 30.3 Å². The Morgan fingerprint density at radius 1 is 1.19 bits per heavy atom. The molecule has 1 aliphatic heterocycles. The van der Waals surface area contributed by atoms with Gasteiger partial charge in [-0.05, 0) is 24.6 Å². The van der Waals surface area contributed by atoms with E-state index < -0.39 is 5.82 Å². The Hall–Kier alpha value is -3.59. The summed E-state index contributed by atoms with van der Waals surface area (Å²) in [6.45, 7) is 0.915. The second kappa shape index (κ2) is 7.92. The van der Waals surface area contributed by atoms with Gasteiger partial charge < -0.3 is 9.42 Å². The lowest BCUT2D eigenvalue weighted by Crippen LogP contribution is -2.29. The molecular weight excluding hydrogens is 423 g/mol. The first-order valence-electron chi connectivity index (χ1n) is 9.64. The first kappa shape index (κ1) is 19.4. The molecule has 0 bridgehead atoms. The molecule has 1 amide bonds. The largest absolute Gasteiger partial charge is 0.336 e. The van der Waals surface area contributed by atoms with E-state index >= 15 is 0 Å². The molecule has 3 heterocycles. The highest BCUT2D eigenvalue weighted by Gasteiger charge is 2.30. The van der Waals surface area contributed by atoms with E-state index in [9.17, 15) is 9.18 Å². The summed E-state index contributed by atoms with van der Waals surface area (Å²) in [6, 6.07) is 13.2. The van der Waals surface area contributed by atoms with Gasteiger partial charge >= 0.3 is 0 Å². The van der Waals surface area contributed by atoms with Gasteiger partial charge in [0.05, 0.1) is 22.8 Å². The minimum Gasteiger partial charge on any atom is -0.336 e. The molecule has 31 heavy (non-hydrogen) atoms. The highest BCUT2D eigenvalue weighted by molar-refractivity contribution is 6.33. The lowest BCUT2D eigenvalue weighted by Gasteiger charge is -2.17. The molecule has 0 saturated carbocycles. The number of rotatable bonds is 4. The van der Waals surface area contributed by atoms with Crippen LogP contribution in [-0.2, 0) is 0 Å². The summed E-state index contributed by atoms with van der Waals surface area (Å²) in [5.74, 6) is -0.0760. The van der Waals surface area contributed by atoms with Crippen molar-refractivity contribution in [2.75, 3.05) is 13.1 Å². The van der Waals surface area contributed by atoms with Crippen LogP contribution in [0.15, 0.2) is 59.3 Å². The van der Waals surface area contributed by atoms with Crippen LogP contribution in [0.2, 0.25) is 5.02 Å². The van der Waals surface area contributed by atoms with Crippen LogP contribution < -0.4 is 0 Å². The Balaban J connectivity index is 1.30. The Bertz CT molecular complexity index is 1240. The van der Waals surface area contributed by atoms with Crippen LogP contribution in [0.25, 0.3) is 23.0 Å². The third-order valence-corrected chi connectivity index (χ3v) is 5.50. The molecule has 5 rings (SSSR count). The van der Waals surface area contributed by atoms with Gasteiger partial charge in [0.1, 0.15) is 5.82 Å². The number of hydrogen-bond donors (Lipinski definition) is 0. The molecule has 0 N–H and O–H groups in total. The molecule has 8 nitrogen and oxygen atoms in total. The number of hydrogen-bond acceptors (Lipinski definition) is 6. The monoisotopic (exact) mass is 438 g/mol. The smallest absolute Gasteiger partial charge is 0.280 e. The van der Waals surface area contributed by atoms with Crippen molar-refractivity contribution in [2.45, 2.75) is 12.5 Å². The summed E-state index contributed by atoms with van der Waals surface area (Å²) in [5.41, 5.74) is 1.44. The van der Waals surface area contributed by atoms with Gasteiger partial charge in [0.25, 0.3) is 11.8 Å². The van der Waals surface area contributed by atoms with Crippen LogP contribution in [0.5, 0.6) is 0 Å². The maximum absolute atomic E-state index is 13.5. The summed E-state index contributed by atoms with van der Waals surface area (Å²) in [6.07, 6.45) is 2.40. The summed E-state index contributed by atoms with van der Waals surface area (Å²) in [7, 11) is 0. The van der Waals surface area contributed by atoms with Gasteiger partial charge in [0.2, 0.25) is 5.82 Å². The third kappa shape index (κ3) is 3.79. The molecule has 1 aliphatic rings. The van der Waals surface area contributed by atoms with Crippen LogP contribution in [0.3, 0.4) is 0 Å².